The molecule has 0 aliphatic rings. The zero-order valence-electron chi connectivity index (χ0n) is 10.8. The number of nitrogens with one attached hydrogen (secondary N) is 2. The number of benzene rings is 1. The molecule has 0 aliphatic carbocycles. The van der Waals surface area contributed by atoms with Gasteiger partial charge in [-0.3, -0.25) is 9.89 Å². The summed E-state index contributed by atoms with van der Waals surface area (Å²) in [4.78, 5) is 11.9. The van der Waals surface area contributed by atoms with Crippen molar-refractivity contribution in [1.82, 2.24) is 10.2 Å². The van der Waals surface area contributed by atoms with Crippen LogP contribution in [0.2, 0.25) is 5.02 Å². The average molecular weight is 314 g/mol. The van der Waals surface area contributed by atoms with Crippen LogP contribution in [-0.4, -0.2) is 30.8 Å². The Balaban J connectivity index is 2.31. The number of aryl methyl sites for hydroxylation is 1. The predicted octanol–water partition coefficient (Wildman–Crippen LogP) is 2.03. The summed E-state index contributed by atoms with van der Waals surface area (Å²) in [6.07, 6.45) is 1.03. The van der Waals surface area contributed by atoms with Crippen molar-refractivity contribution >= 4 is 33.2 Å². The van der Waals surface area contributed by atoms with Gasteiger partial charge in [0.1, 0.15) is 0 Å². The van der Waals surface area contributed by atoms with Gasteiger partial charge in [-0.2, -0.15) is 5.10 Å². The summed E-state index contributed by atoms with van der Waals surface area (Å²) in [5, 5.41) is 9.20. The molecule has 1 heterocycles. The van der Waals surface area contributed by atoms with Crippen molar-refractivity contribution in [3.63, 3.8) is 0 Å². The molecule has 1 aromatic heterocycles. The highest BCUT2D eigenvalue weighted by Gasteiger charge is 2.16. The van der Waals surface area contributed by atoms with E-state index >= 15 is 0 Å². The Kier molecular flexibility index (Phi) is 3.82. The Hall–Kier alpha value is -1.86. The number of hydrogen-bond donors (Lipinski definition) is 2. The summed E-state index contributed by atoms with van der Waals surface area (Å²) < 4.78 is 23.1. The van der Waals surface area contributed by atoms with E-state index in [1.165, 1.54) is 18.2 Å². The minimum atomic E-state index is -3.49. The van der Waals surface area contributed by atoms with Gasteiger partial charge in [-0.15, -0.1) is 0 Å². The standard InChI is InChI=1S/C12H12ClN3O3S/c1-7-5-11(16-15-7)14-12(17)8-3-4-9(13)10(6-8)20(2,18)19/h3-6H,1-2H3,(H2,14,15,16,17). The van der Waals surface area contributed by atoms with E-state index in [4.69, 9.17) is 11.6 Å². The SMILES string of the molecule is Cc1cc(NC(=O)c2ccc(Cl)c(S(C)(=O)=O)c2)n[nH]1. The highest BCUT2D eigenvalue weighted by molar-refractivity contribution is 7.90. The smallest absolute Gasteiger partial charge is 0.256 e. The lowest BCUT2D eigenvalue weighted by Crippen LogP contribution is -2.13. The van der Waals surface area contributed by atoms with Crippen LogP contribution in [0.1, 0.15) is 16.1 Å². The number of aromatic amines is 1. The first kappa shape index (κ1) is 14.5. The summed E-state index contributed by atoms with van der Waals surface area (Å²) in [7, 11) is -3.49. The number of hydrogen-bond acceptors (Lipinski definition) is 4. The minimum absolute atomic E-state index is 0.0787. The maximum absolute atomic E-state index is 12.0. The molecular formula is C12H12ClN3O3S. The zero-order chi connectivity index (χ0) is 14.9. The van der Waals surface area contributed by atoms with Crippen LogP contribution in [-0.2, 0) is 9.84 Å². The van der Waals surface area contributed by atoms with Gasteiger partial charge in [0.05, 0.1) is 9.92 Å². The third-order valence-electron chi connectivity index (χ3n) is 2.54. The van der Waals surface area contributed by atoms with E-state index in [9.17, 15) is 13.2 Å². The maximum atomic E-state index is 12.0. The van der Waals surface area contributed by atoms with Crippen LogP contribution in [0, 0.1) is 6.92 Å². The number of sulfone groups is 1. The molecule has 0 radical (unpaired) electrons. The molecule has 106 valence electrons. The molecule has 0 bridgehead atoms. The Morgan fingerprint density at radius 1 is 1.35 bits per heavy atom. The number of rotatable bonds is 3. The van der Waals surface area contributed by atoms with E-state index in [0.717, 1.165) is 11.9 Å². The summed E-state index contributed by atoms with van der Waals surface area (Å²) in [6.45, 7) is 1.80. The number of nitrogens with zero attached hydrogens (tertiary/aromatic N) is 1. The Labute approximate surface area is 121 Å². The first-order chi connectivity index (χ1) is 9.27. The van der Waals surface area contributed by atoms with Crippen molar-refractivity contribution in [2.24, 2.45) is 0 Å². The molecule has 0 unspecified atom stereocenters. The number of halogens is 1. The largest absolute Gasteiger partial charge is 0.305 e. The van der Waals surface area contributed by atoms with Crippen molar-refractivity contribution in [3.8, 4) is 0 Å². The quantitative estimate of drug-likeness (QED) is 0.907. The molecule has 20 heavy (non-hydrogen) atoms. The molecule has 0 spiro atoms. The molecule has 0 saturated heterocycles. The first-order valence-electron chi connectivity index (χ1n) is 5.60. The topological polar surface area (TPSA) is 91.9 Å². The van der Waals surface area contributed by atoms with Gasteiger partial charge >= 0.3 is 0 Å². The number of carbonyl (C=O) groups excluding carboxylic acids is 1. The van der Waals surface area contributed by atoms with Crippen LogP contribution in [0.5, 0.6) is 0 Å². The Morgan fingerprint density at radius 2 is 2.05 bits per heavy atom. The van der Waals surface area contributed by atoms with Gasteiger partial charge in [0.25, 0.3) is 5.91 Å². The fourth-order valence-electron chi connectivity index (χ4n) is 1.60. The van der Waals surface area contributed by atoms with Gasteiger partial charge in [-0.25, -0.2) is 8.42 Å². The van der Waals surface area contributed by atoms with Crippen LogP contribution in [0.4, 0.5) is 5.82 Å². The molecule has 8 heteroatoms. The van der Waals surface area contributed by atoms with Gasteiger partial charge in [0.15, 0.2) is 15.7 Å². The fourth-order valence-corrected chi connectivity index (χ4v) is 2.90. The fraction of sp³-hybridized carbons (Fsp3) is 0.167. The molecule has 1 aromatic carbocycles. The van der Waals surface area contributed by atoms with E-state index in [1.54, 1.807) is 13.0 Å². The van der Waals surface area contributed by atoms with Crippen molar-refractivity contribution < 1.29 is 13.2 Å². The lowest BCUT2D eigenvalue weighted by molar-refractivity contribution is 0.102. The molecule has 2 rings (SSSR count). The number of H-pyrrole nitrogens is 1. The normalized spacial score (nSPS) is 11.3. The highest BCUT2D eigenvalue weighted by atomic mass is 35.5. The van der Waals surface area contributed by atoms with E-state index in [2.05, 4.69) is 15.5 Å². The van der Waals surface area contributed by atoms with Gasteiger partial charge < -0.3 is 5.32 Å². The van der Waals surface area contributed by atoms with Crippen LogP contribution in [0.3, 0.4) is 0 Å². The second-order valence-corrected chi connectivity index (χ2v) is 6.70. The van der Waals surface area contributed by atoms with Crippen molar-refractivity contribution in [2.45, 2.75) is 11.8 Å². The number of carbonyl (C=O) groups is 1. The minimum Gasteiger partial charge on any atom is -0.305 e. The number of anilines is 1. The monoisotopic (exact) mass is 313 g/mol. The Bertz CT molecular complexity index is 768. The van der Waals surface area contributed by atoms with Crippen molar-refractivity contribution in [1.29, 1.82) is 0 Å². The van der Waals surface area contributed by atoms with Gasteiger partial charge in [-0.05, 0) is 25.1 Å². The second kappa shape index (κ2) is 5.26. The summed E-state index contributed by atoms with van der Waals surface area (Å²) in [5.74, 6) is -0.0959. The van der Waals surface area contributed by atoms with Crippen LogP contribution in [0.25, 0.3) is 0 Å². The Morgan fingerprint density at radius 3 is 2.60 bits per heavy atom. The van der Waals surface area contributed by atoms with Crippen LogP contribution >= 0.6 is 11.6 Å². The molecular weight excluding hydrogens is 302 g/mol. The molecule has 1 amide bonds. The molecule has 0 saturated carbocycles. The lowest BCUT2D eigenvalue weighted by Gasteiger charge is -2.06. The number of aromatic nitrogens is 2. The molecule has 0 fully saturated rings. The molecule has 2 N–H and O–H groups in total. The van der Waals surface area contributed by atoms with E-state index in [-0.39, 0.29) is 15.5 Å². The van der Waals surface area contributed by atoms with E-state index in [1.807, 2.05) is 0 Å². The third kappa shape index (κ3) is 3.17. The van der Waals surface area contributed by atoms with Crippen molar-refractivity contribution in [2.75, 3.05) is 11.6 Å². The second-order valence-electron chi connectivity index (χ2n) is 4.31. The zero-order valence-corrected chi connectivity index (χ0v) is 12.3. The van der Waals surface area contributed by atoms with E-state index < -0.39 is 15.7 Å². The molecule has 6 nitrogen and oxygen atoms in total. The van der Waals surface area contributed by atoms with Crippen LogP contribution in [0.15, 0.2) is 29.2 Å². The van der Waals surface area contributed by atoms with Crippen LogP contribution < -0.4 is 5.32 Å². The predicted molar refractivity (Wildman–Crippen MR) is 75.8 cm³/mol. The van der Waals surface area contributed by atoms with E-state index in [0.29, 0.717) is 5.82 Å². The van der Waals surface area contributed by atoms with Gasteiger partial charge in [0, 0.05) is 23.6 Å². The highest BCUT2D eigenvalue weighted by Crippen LogP contribution is 2.23. The number of amides is 1. The molecule has 0 aliphatic heterocycles. The summed E-state index contributed by atoms with van der Waals surface area (Å²) in [6, 6.07) is 5.73. The molecule has 2 aromatic rings. The summed E-state index contributed by atoms with van der Waals surface area (Å²) in [5.41, 5.74) is 0.990. The first-order valence-corrected chi connectivity index (χ1v) is 7.87. The maximum Gasteiger partial charge on any atom is 0.256 e. The van der Waals surface area contributed by atoms with Gasteiger partial charge in [-0.1, -0.05) is 11.6 Å². The summed E-state index contributed by atoms with van der Waals surface area (Å²) >= 11 is 5.82. The molecule has 0 atom stereocenters. The average Bonchev–Trinajstić information content (AvgIpc) is 2.73. The van der Waals surface area contributed by atoms with Crippen molar-refractivity contribution in [3.05, 3.63) is 40.5 Å². The lowest BCUT2D eigenvalue weighted by atomic mass is 10.2. The third-order valence-corrected chi connectivity index (χ3v) is 4.12. The van der Waals surface area contributed by atoms with Gasteiger partial charge in [0.2, 0.25) is 0 Å².